The zero-order chi connectivity index (χ0) is 11.1. The second-order valence-electron chi connectivity index (χ2n) is 3.90. The maximum atomic E-state index is 5.72. The predicted molar refractivity (Wildman–Crippen MR) is 59.1 cm³/mol. The Morgan fingerprint density at radius 1 is 1.27 bits per heavy atom. The van der Waals surface area contributed by atoms with Gasteiger partial charge in [0.2, 0.25) is 0 Å². The van der Waals surface area contributed by atoms with Crippen molar-refractivity contribution in [3.63, 3.8) is 0 Å². The SMILES string of the molecule is CCCNC1CC(OC)C1OCCOC. The fraction of sp³-hybridized carbons (Fsp3) is 1.00. The first-order valence-corrected chi connectivity index (χ1v) is 5.70. The highest BCUT2D eigenvalue weighted by Crippen LogP contribution is 2.26. The first-order chi connectivity index (χ1) is 7.33. The van der Waals surface area contributed by atoms with E-state index in [1.165, 1.54) is 0 Å². The zero-order valence-electron chi connectivity index (χ0n) is 9.99. The van der Waals surface area contributed by atoms with E-state index in [0.717, 1.165) is 19.4 Å². The number of ether oxygens (including phenoxy) is 3. The fourth-order valence-electron chi connectivity index (χ4n) is 1.83. The minimum Gasteiger partial charge on any atom is -0.382 e. The van der Waals surface area contributed by atoms with Gasteiger partial charge < -0.3 is 19.5 Å². The van der Waals surface area contributed by atoms with Gasteiger partial charge in [-0.2, -0.15) is 0 Å². The first-order valence-electron chi connectivity index (χ1n) is 5.70. The highest BCUT2D eigenvalue weighted by molar-refractivity contribution is 4.96. The summed E-state index contributed by atoms with van der Waals surface area (Å²) in [5, 5.41) is 3.46. The van der Waals surface area contributed by atoms with Crippen LogP contribution in [0.25, 0.3) is 0 Å². The third-order valence-electron chi connectivity index (χ3n) is 2.81. The van der Waals surface area contributed by atoms with Gasteiger partial charge in [-0.3, -0.25) is 0 Å². The Kier molecular flexibility index (Phi) is 6.17. The molecule has 3 atom stereocenters. The maximum Gasteiger partial charge on any atom is 0.0991 e. The van der Waals surface area contributed by atoms with E-state index in [0.29, 0.717) is 19.3 Å². The van der Waals surface area contributed by atoms with Crippen molar-refractivity contribution < 1.29 is 14.2 Å². The average Bonchev–Trinajstić information content (AvgIpc) is 2.23. The van der Waals surface area contributed by atoms with Crippen LogP contribution in [0.3, 0.4) is 0 Å². The van der Waals surface area contributed by atoms with Gasteiger partial charge in [0.1, 0.15) is 0 Å². The Morgan fingerprint density at radius 3 is 2.67 bits per heavy atom. The maximum absolute atomic E-state index is 5.72. The van der Waals surface area contributed by atoms with Crippen molar-refractivity contribution in [2.45, 2.75) is 38.0 Å². The second kappa shape index (κ2) is 7.17. The molecular formula is C11H23NO3. The summed E-state index contributed by atoms with van der Waals surface area (Å²) in [6, 6.07) is 0.451. The second-order valence-corrected chi connectivity index (χ2v) is 3.90. The van der Waals surface area contributed by atoms with Crippen LogP contribution in [0.15, 0.2) is 0 Å². The molecule has 1 aliphatic carbocycles. The molecular weight excluding hydrogens is 194 g/mol. The Morgan fingerprint density at radius 2 is 2.07 bits per heavy atom. The Hall–Kier alpha value is -0.160. The molecule has 4 heteroatoms. The van der Waals surface area contributed by atoms with Crippen LogP contribution in [0.2, 0.25) is 0 Å². The van der Waals surface area contributed by atoms with Gasteiger partial charge in [0, 0.05) is 20.3 Å². The highest BCUT2D eigenvalue weighted by atomic mass is 16.6. The standard InChI is InChI=1S/C11H23NO3/c1-4-5-12-9-8-10(14-3)11(9)15-7-6-13-2/h9-12H,4-8H2,1-3H3. The van der Waals surface area contributed by atoms with Crippen molar-refractivity contribution in [1.29, 1.82) is 0 Å². The fourth-order valence-corrected chi connectivity index (χ4v) is 1.83. The van der Waals surface area contributed by atoms with Crippen molar-refractivity contribution in [1.82, 2.24) is 5.32 Å². The van der Waals surface area contributed by atoms with Crippen LogP contribution in [-0.4, -0.2) is 52.2 Å². The Labute approximate surface area is 92.3 Å². The molecule has 1 saturated carbocycles. The predicted octanol–water partition coefficient (Wildman–Crippen LogP) is 0.805. The normalized spacial score (nSPS) is 30.2. The van der Waals surface area contributed by atoms with E-state index >= 15 is 0 Å². The third-order valence-corrected chi connectivity index (χ3v) is 2.81. The van der Waals surface area contributed by atoms with Crippen molar-refractivity contribution in [2.75, 3.05) is 34.0 Å². The lowest BCUT2D eigenvalue weighted by molar-refractivity contribution is -0.140. The summed E-state index contributed by atoms with van der Waals surface area (Å²) < 4.78 is 16.0. The molecule has 0 radical (unpaired) electrons. The van der Waals surface area contributed by atoms with Crippen LogP contribution >= 0.6 is 0 Å². The molecule has 0 saturated heterocycles. The molecule has 1 aliphatic rings. The van der Waals surface area contributed by atoms with Crippen LogP contribution in [-0.2, 0) is 14.2 Å². The molecule has 1 N–H and O–H groups in total. The first kappa shape index (κ1) is 12.9. The van der Waals surface area contributed by atoms with Gasteiger partial charge in [-0.25, -0.2) is 0 Å². The van der Waals surface area contributed by atoms with E-state index in [9.17, 15) is 0 Å². The van der Waals surface area contributed by atoms with Crippen molar-refractivity contribution >= 4 is 0 Å². The zero-order valence-corrected chi connectivity index (χ0v) is 9.99. The summed E-state index contributed by atoms with van der Waals surface area (Å²) in [4.78, 5) is 0. The molecule has 3 unspecified atom stereocenters. The van der Waals surface area contributed by atoms with Gasteiger partial charge in [0.15, 0.2) is 0 Å². The Bertz CT molecular complexity index is 164. The number of hydrogen-bond donors (Lipinski definition) is 1. The van der Waals surface area contributed by atoms with Gasteiger partial charge in [0.05, 0.1) is 25.4 Å². The molecule has 0 spiro atoms. The van der Waals surface area contributed by atoms with Gasteiger partial charge in [-0.05, 0) is 19.4 Å². The molecule has 90 valence electrons. The van der Waals surface area contributed by atoms with E-state index in [4.69, 9.17) is 14.2 Å². The Balaban J connectivity index is 2.21. The monoisotopic (exact) mass is 217 g/mol. The molecule has 1 fully saturated rings. The molecule has 0 bridgehead atoms. The average molecular weight is 217 g/mol. The molecule has 1 rings (SSSR count). The van der Waals surface area contributed by atoms with E-state index in [2.05, 4.69) is 12.2 Å². The number of nitrogens with one attached hydrogen (secondary N) is 1. The summed E-state index contributed by atoms with van der Waals surface area (Å²) in [5.41, 5.74) is 0. The van der Waals surface area contributed by atoms with Crippen LogP contribution in [0.4, 0.5) is 0 Å². The number of hydrogen-bond acceptors (Lipinski definition) is 4. The van der Waals surface area contributed by atoms with E-state index in [-0.39, 0.29) is 12.2 Å². The molecule has 0 aromatic rings. The summed E-state index contributed by atoms with van der Waals surface area (Å²) in [6.07, 6.45) is 2.64. The van der Waals surface area contributed by atoms with Crippen molar-refractivity contribution in [3.8, 4) is 0 Å². The minimum absolute atomic E-state index is 0.191. The van der Waals surface area contributed by atoms with Gasteiger partial charge >= 0.3 is 0 Å². The lowest BCUT2D eigenvalue weighted by atomic mass is 9.85. The number of methoxy groups -OCH3 is 2. The van der Waals surface area contributed by atoms with Crippen LogP contribution in [0.1, 0.15) is 19.8 Å². The largest absolute Gasteiger partial charge is 0.382 e. The van der Waals surface area contributed by atoms with E-state index < -0.39 is 0 Å². The highest BCUT2D eigenvalue weighted by Gasteiger charge is 2.41. The molecule has 0 aliphatic heterocycles. The quantitative estimate of drug-likeness (QED) is 0.611. The lowest BCUT2D eigenvalue weighted by Gasteiger charge is -2.43. The van der Waals surface area contributed by atoms with Crippen molar-refractivity contribution in [3.05, 3.63) is 0 Å². The molecule has 0 amide bonds. The lowest BCUT2D eigenvalue weighted by Crippen LogP contribution is -2.60. The summed E-state index contributed by atoms with van der Waals surface area (Å²) in [6.45, 7) is 4.50. The molecule has 0 heterocycles. The summed E-state index contributed by atoms with van der Waals surface area (Å²) >= 11 is 0. The third kappa shape index (κ3) is 3.72. The van der Waals surface area contributed by atoms with Crippen LogP contribution < -0.4 is 5.32 Å². The number of rotatable bonds is 8. The summed E-state index contributed by atoms with van der Waals surface area (Å²) in [7, 11) is 3.43. The molecule has 0 aromatic heterocycles. The topological polar surface area (TPSA) is 39.7 Å². The minimum atomic E-state index is 0.191. The van der Waals surface area contributed by atoms with E-state index in [1.807, 2.05) is 0 Å². The summed E-state index contributed by atoms with van der Waals surface area (Å²) in [5.74, 6) is 0. The molecule has 15 heavy (non-hydrogen) atoms. The molecule has 4 nitrogen and oxygen atoms in total. The van der Waals surface area contributed by atoms with Gasteiger partial charge in [0.25, 0.3) is 0 Å². The van der Waals surface area contributed by atoms with Gasteiger partial charge in [-0.1, -0.05) is 6.92 Å². The van der Waals surface area contributed by atoms with Crippen LogP contribution in [0.5, 0.6) is 0 Å². The smallest absolute Gasteiger partial charge is 0.0991 e. The van der Waals surface area contributed by atoms with Gasteiger partial charge in [-0.15, -0.1) is 0 Å². The molecule has 0 aromatic carbocycles. The van der Waals surface area contributed by atoms with E-state index in [1.54, 1.807) is 14.2 Å². The van der Waals surface area contributed by atoms with Crippen molar-refractivity contribution in [2.24, 2.45) is 0 Å². The van der Waals surface area contributed by atoms with Crippen LogP contribution in [0, 0.1) is 0 Å².